The molecule has 1 aliphatic rings. The number of carbonyl (C=O) groups is 1. The van der Waals surface area contributed by atoms with E-state index in [9.17, 15) is 10.1 Å². The van der Waals surface area contributed by atoms with E-state index >= 15 is 0 Å². The van der Waals surface area contributed by atoms with Gasteiger partial charge in [-0.1, -0.05) is 48.4 Å². The van der Waals surface area contributed by atoms with E-state index in [0.717, 1.165) is 69.8 Å². The fraction of sp³-hybridized carbons (Fsp3) is 0.143. The average Bonchev–Trinajstić information content (AvgIpc) is 3.25. The summed E-state index contributed by atoms with van der Waals surface area (Å²) in [5.41, 5.74) is 6.66. The molecule has 5 rings (SSSR count). The Morgan fingerprint density at radius 2 is 1.91 bits per heavy atom. The zero-order chi connectivity index (χ0) is 24.4. The van der Waals surface area contributed by atoms with Gasteiger partial charge < -0.3 is 5.11 Å². The Labute approximate surface area is 207 Å². The molecule has 2 N–H and O–H groups in total. The third-order valence-corrected chi connectivity index (χ3v) is 6.68. The lowest BCUT2D eigenvalue weighted by molar-refractivity contribution is -0.131. The molecule has 0 saturated heterocycles. The molecule has 7 heteroatoms. The molecule has 0 amide bonds. The molecule has 0 aliphatic heterocycles. The van der Waals surface area contributed by atoms with Crippen LogP contribution in [-0.4, -0.2) is 26.3 Å². The predicted octanol–water partition coefficient (Wildman–Crippen LogP) is 6.34. The summed E-state index contributed by atoms with van der Waals surface area (Å²) in [6, 6.07) is 19.5. The van der Waals surface area contributed by atoms with E-state index in [2.05, 4.69) is 21.3 Å². The minimum absolute atomic E-state index is 0.305. The first-order valence-electron chi connectivity index (χ1n) is 11.3. The van der Waals surface area contributed by atoms with Crippen molar-refractivity contribution in [2.45, 2.75) is 19.3 Å². The minimum Gasteiger partial charge on any atom is -0.478 e. The monoisotopic (exact) mass is 480 g/mol. The second-order valence-corrected chi connectivity index (χ2v) is 8.90. The SMILES string of the molecule is N#Cc1n[nH]c2ccc(C(=C(c3ncccc3Cl)C3CCC3)c3ccc(C=CC(=O)O)cc3)cc12. The first-order chi connectivity index (χ1) is 17.0. The molecule has 4 aromatic rings. The number of fused-ring (bicyclic) bond motifs is 1. The highest BCUT2D eigenvalue weighted by atomic mass is 35.5. The molecule has 2 aromatic heterocycles. The van der Waals surface area contributed by atoms with Crippen molar-refractivity contribution in [3.63, 3.8) is 0 Å². The molecule has 0 spiro atoms. The lowest BCUT2D eigenvalue weighted by atomic mass is 9.74. The first kappa shape index (κ1) is 22.6. The minimum atomic E-state index is -0.992. The van der Waals surface area contributed by atoms with E-state index in [1.807, 2.05) is 54.6 Å². The van der Waals surface area contributed by atoms with Crippen LogP contribution in [0.3, 0.4) is 0 Å². The van der Waals surface area contributed by atoms with Crippen LogP contribution in [0.15, 0.2) is 66.9 Å². The number of nitrogens with zero attached hydrogens (tertiary/aromatic N) is 3. The maximum atomic E-state index is 10.9. The van der Waals surface area contributed by atoms with Crippen LogP contribution in [0.4, 0.5) is 0 Å². The standard InChI is InChI=1S/C28H21ClN4O2/c29-22-5-2-14-31-28(22)27(18-3-1-4-18)26(19-9-6-17(7-10-19)8-13-25(34)35)20-11-12-23-21(15-20)24(16-30)33-32-23/h2,5-15,18H,1,3-4H2,(H,32,33)(H,34,35). The molecule has 2 aromatic carbocycles. The number of hydrogen-bond acceptors (Lipinski definition) is 4. The van der Waals surface area contributed by atoms with Crippen LogP contribution in [0.5, 0.6) is 0 Å². The Morgan fingerprint density at radius 1 is 1.14 bits per heavy atom. The molecule has 1 aliphatic carbocycles. The number of aromatic nitrogens is 3. The van der Waals surface area contributed by atoms with Gasteiger partial charge in [0, 0.05) is 17.7 Å². The van der Waals surface area contributed by atoms with Crippen molar-refractivity contribution in [1.29, 1.82) is 5.26 Å². The summed E-state index contributed by atoms with van der Waals surface area (Å²) in [5.74, 6) is -0.687. The number of nitriles is 1. The Hall–Kier alpha value is -4.21. The fourth-order valence-electron chi connectivity index (χ4n) is 4.46. The van der Waals surface area contributed by atoms with Gasteiger partial charge in [-0.15, -0.1) is 0 Å². The van der Waals surface area contributed by atoms with Crippen molar-refractivity contribution in [2.75, 3.05) is 0 Å². The molecule has 0 bridgehead atoms. The highest BCUT2D eigenvalue weighted by Gasteiger charge is 2.29. The third kappa shape index (κ3) is 4.46. The molecule has 35 heavy (non-hydrogen) atoms. The summed E-state index contributed by atoms with van der Waals surface area (Å²) in [7, 11) is 0. The molecule has 1 fully saturated rings. The fourth-order valence-corrected chi connectivity index (χ4v) is 4.68. The van der Waals surface area contributed by atoms with Crippen LogP contribution in [-0.2, 0) is 4.79 Å². The molecule has 2 heterocycles. The van der Waals surface area contributed by atoms with Gasteiger partial charge in [-0.05, 0) is 76.9 Å². The van der Waals surface area contributed by atoms with Crippen LogP contribution < -0.4 is 0 Å². The molecule has 0 radical (unpaired) electrons. The molecule has 172 valence electrons. The van der Waals surface area contributed by atoms with Gasteiger partial charge in [0.1, 0.15) is 6.07 Å². The summed E-state index contributed by atoms with van der Waals surface area (Å²) in [5, 5.41) is 26.9. The quantitative estimate of drug-likeness (QED) is 0.313. The van der Waals surface area contributed by atoms with E-state index in [4.69, 9.17) is 16.7 Å². The zero-order valence-corrected chi connectivity index (χ0v) is 19.5. The van der Waals surface area contributed by atoms with Crippen molar-refractivity contribution in [2.24, 2.45) is 5.92 Å². The van der Waals surface area contributed by atoms with Gasteiger partial charge in [0.2, 0.25) is 0 Å². The Kier molecular flexibility index (Phi) is 6.17. The first-order valence-corrected chi connectivity index (χ1v) is 11.7. The molecule has 1 saturated carbocycles. The molecule has 6 nitrogen and oxygen atoms in total. The van der Waals surface area contributed by atoms with Gasteiger partial charge in [0.25, 0.3) is 0 Å². The van der Waals surface area contributed by atoms with Crippen LogP contribution in [0.2, 0.25) is 5.02 Å². The smallest absolute Gasteiger partial charge is 0.328 e. The summed E-state index contributed by atoms with van der Waals surface area (Å²) in [4.78, 5) is 15.6. The Bertz CT molecular complexity index is 1520. The lowest BCUT2D eigenvalue weighted by Crippen LogP contribution is -2.16. The number of rotatable bonds is 6. The Balaban J connectivity index is 1.77. The molecular weight excluding hydrogens is 460 g/mol. The third-order valence-electron chi connectivity index (χ3n) is 6.37. The number of carboxylic acid groups (broad SMARTS) is 1. The van der Waals surface area contributed by atoms with Gasteiger partial charge in [-0.3, -0.25) is 10.1 Å². The predicted molar refractivity (Wildman–Crippen MR) is 136 cm³/mol. The van der Waals surface area contributed by atoms with Gasteiger partial charge >= 0.3 is 5.97 Å². The zero-order valence-electron chi connectivity index (χ0n) is 18.7. The summed E-state index contributed by atoms with van der Waals surface area (Å²) in [6.45, 7) is 0. The number of benzene rings is 2. The van der Waals surface area contributed by atoms with Crippen LogP contribution in [0, 0.1) is 17.2 Å². The number of nitrogens with one attached hydrogen (secondary N) is 1. The van der Waals surface area contributed by atoms with E-state index in [1.54, 1.807) is 12.3 Å². The van der Waals surface area contributed by atoms with Gasteiger partial charge in [0.05, 0.1) is 16.2 Å². The van der Waals surface area contributed by atoms with Crippen LogP contribution >= 0.6 is 11.6 Å². The van der Waals surface area contributed by atoms with Crippen molar-refractivity contribution in [3.05, 3.63) is 100.0 Å². The summed E-state index contributed by atoms with van der Waals surface area (Å²) >= 11 is 6.67. The van der Waals surface area contributed by atoms with Crippen molar-refractivity contribution in [3.8, 4) is 6.07 Å². The number of aliphatic carboxylic acids is 1. The van der Waals surface area contributed by atoms with Crippen molar-refractivity contribution in [1.82, 2.24) is 15.2 Å². The second-order valence-electron chi connectivity index (χ2n) is 8.49. The number of carboxylic acids is 1. The van der Waals surface area contributed by atoms with E-state index in [0.29, 0.717) is 16.6 Å². The lowest BCUT2D eigenvalue weighted by Gasteiger charge is -2.31. The summed E-state index contributed by atoms with van der Waals surface area (Å²) in [6.07, 6.45) is 7.67. The highest BCUT2D eigenvalue weighted by molar-refractivity contribution is 6.32. The van der Waals surface area contributed by atoms with E-state index < -0.39 is 5.97 Å². The van der Waals surface area contributed by atoms with Gasteiger partial charge in [-0.2, -0.15) is 10.4 Å². The molecule has 0 atom stereocenters. The normalized spacial score (nSPS) is 14.5. The van der Waals surface area contributed by atoms with Crippen molar-refractivity contribution < 1.29 is 9.90 Å². The van der Waals surface area contributed by atoms with Crippen LogP contribution in [0.1, 0.15) is 47.3 Å². The number of hydrogen-bond donors (Lipinski definition) is 2. The maximum Gasteiger partial charge on any atom is 0.328 e. The van der Waals surface area contributed by atoms with Crippen molar-refractivity contribution >= 4 is 45.7 Å². The summed E-state index contributed by atoms with van der Waals surface area (Å²) < 4.78 is 0. The molecule has 0 unspecified atom stereocenters. The van der Waals surface area contributed by atoms with Crippen LogP contribution in [0.25, 0.3) is 28.1 Å². The largest absolute Gasteiger partial charge is 0.478 e. The van der Waals surface area contributed by atoms with E-state index in [-0.39, 0.29) is 0 Å². The topological polar surface area (TPSA) is 103 Å². The number of halogens is 1. The number of pyridine rings is 1. The average molecular weight is 481 g/mol. The number of allylic oxidation sites excluding steroid dienone is 1. The van der Waals surface area contributed by atoms with E-state index in [1.165, 1.54) is 0 Å². The highest BCUT2D eigenvalue weighted by Crippen LogP contribution is 2.46. The van der Waals surface area contributed by atoms with Gasteiger partial charge in [0.15, 0.2) is 5.69 Å². The maximum absolute atomic E-state index is 10.9. The molecular formula is C28H21ClN4O2. The second kappa shape index (κ2) is 9.57. The number of H-pyrrole nitrogens is 1. The number of aromatic amines is 1. The van der Waals surface area contributed by atoms with Gasteiger partial charge in [-0.25, -0.2) is 4.79 Å². The Morgan fingerprint density at radius 3 is 2.57 bits per heavy atom.